The Balaban J connectivity index is 1.84. The van der Waals surface area contributed by atoms with E-state index in [1.54, 1.807) is 17.2 Å². The summed E-state index contributed by atoms with van der Waals surface area (Å²) in [5, 5.41) is 14.1. The number of urea groups is 1. The summed E-state index contributed by atoms with van der Waals surface area (Å²) in [5.41, 5.74) is -0.429. The van der Waals surface area contributed by atoms with Gasteiger partial charge in [-0.25, -0.2) is 27.3 Å². The monoisotopic (exact) mass is 462 g/mol. The van der Waals surface area contributed by atoms with Crippen molar-refractivity contribution in [2.24, 2.45) is 10.9 Å². The first kappa shape index (κ1) is 23.8. The number of hydrogen-bond donors (Lipinski definition) is 2. The zero-order chi connectivity index (χ0) is 24.1. The Morgan fingerprint density at radius 2 is 1.82 bits per heavy atom. The van der Waals surface area contributed by atoms with Crippen molar-refractivity contribution < 1.29 is 22.4 Å². The van der Waals surface area contributed by atoms with Gasteiger partial charge in [-0.1, -0.05) is 19.9 Å². The largest absolute Gasteiger partial charge is 0.335 e. The lowest BCUT2D eigenvalue weighted by Gasteiger charge is -2.44. The van der Waals surface area contributed by atoms with Gasteiger partial charge in [-0.15, -0.1) is 0 Å². The van der Waals surface area contributed by atoms with Gasteiger partial charge in [-0.2, -0.15) is 5.26 Å². The van der Waals surface area contributed by atoms with E-state index < -0.39 is 35.0 Å². The number of hydrogen-bond acceptors (Lipinski definition) is 3. The van der Waals surface area contributed by atoms with Gasteiger partial charge < -0.3 is 15.1 Å². The van der Waals surface area contributed by atoms with Gasteiger partial charge in [0.1, 0.15) is 17.3 Å². The predicted octanol–water partition coefficient (Wildman–Crippen LogP) is 4.18. The number of anilines is 1. The Labute approximate surface area is 188 Å². The third kappa shape index (κ3) is 5.71. The fraction of sp³-hybridized carbons (Fsp3) is 0.318. The molecular formula is C22H22F4N6O. The zero-order valence-electron chi connectivity index (χ0n) is 17.9. The summed E-state index contributed by atoms with van der Waals surface area (Å²) in [6.07, 6.45) is 1.70. The average molecular weight is 462 g/mol. The van der Waals surface area contributed by atoms with E-state index in [4.69, 9.17) is 5.26 Å². The van der Waals surface area contributed by atoms with Crippen molar-refractivity contribution in [2.45, 2.75) is 19.9 Å². The number of rotatable bonds is 3. The van der Waals surface area contributed by atoms with Crippen LogP contribution in [0.1, 0.15) is 13.8 Å². The van der Waals surface area contributed by atoms with Crippen LogP contribution in [0.15, 0.2) is 41.4 Å². The summed E-state index contributed by atoms with van der Waals surface area (Å²) < 4.78 is 54.9. The number of nitrogens with one attached hydrogen (secondary N) is 2. The van der Waals surface area contributed by atoms with Gasteiger partial charge >= 0.3 is 6.03 Å². The third-order valence-electron chi connectivity index (χ3n) is 5.19. The highest BCUT2D eigenvalue weighted by Crippen LogP contribution is 2.25. The standard InChI is InChI=1S/C22H22F4N6O/c1-13(2)19-11-31(22(33)29-16-5-3-4-14(23)8-16)6-7-32(19)21(28-12-27)30-20-17(25)9-15(24)10-18(20)26/h3-5,8-10,13,19H,6-7,11H2,1-2H3,(H,28,30)(H,29,33). The van der Waals surface area contributed by atoms with Crippen LogP contribution in [0.4, 0.5) is 33.7 Å². The van der Waals surface area contributed by atoms with E-state index >= 15 is 0 Å². The van der Waals surface area contributed by atoms with Crippen LogP contribution in [-0.2, 0) is 0 Å². The zero-order valence-corrected chi connectivity index (χ0v) is 17.9. The SMILES string of the molecule is CC(C)C1CN(C(=O)Nc2cccc(F)c2)CCN1C(=Nc1c(F)cc(F)cc1F)NC#N. The normalized spacial score (nSPS) is 16.5. The van der Waals surface area contributed by atoms with E-state index in [0.29, 0.717) is 17.8 Å². The molecule has 0 radical (unpaired) electrons. The number of amides is 2. The second-order valence-electron chi connectivity index (χ2n) is 7.78. The maximum absolute atomic E-state index is 14.1. The molecule has 1 atom stereocenters. The smallest absolute Gasteiger partial charge is 0.321 e. The number of benzene rings is 2. The molecule has 3 rings (SSSR count). The summed E-state index contributed by atoms with van der Waals surface area (Å²) in [6, 6.07) is 5.69. The van der Waals surface area contributed by atoms with Crippen LogP contribution in [-0.4, -0.2) is 47.5 Å². The molecule has 1 aliphatic heterocycles. The minimum absolute atomic E-state index is 0.0524. The molecule has 2 N–H and O–H groups in total. The molecule has 0 aliphatic carbocycles. The molecule has 1 heterocycles. The van der Waals surface area contributed by atoms with E-state index in [1.807, 2.05) is 13.8 Å². The van der Waals surface area contributed by atoms with Crippen LogP contribution < -0.4 is 10.6 Å². The van der Waals surface area contributed by atoms with Gasteiger partial charge in [-0.05, 0) is 24.1 Å². The molecule has 2 aromatic rings. The molecule has 11 heteroatoms. The third-order valence-corrected chi connectivity index (χ3v) is 5.19. The second-order valence-corrected chi connectivity index (χ2v) is 7.78. The predicted molar refractivity (Wildman–Crippen MR) is 114 cm³/mol. The highest BCUT2D eigenvalue weighted by atomic mass is 19.1. The van der Waals surface area contributed by atoms with E-state index in [0.717, 1.165) is 0 Å². The topological polar surface area (TPSA) is 83.8 Å². The molecule has 1 saturated heterocycles. The number of aliphatic imine (C=N–C) groups is 1. The van der Waals surface area contributed by atoms with Crippen LogP contribution in [0.25, 0.3) is 0 Å². The van der Waals surface area contributed by atoms with Crippen molar-refractivity contribution in [3.8, 4) is 6.19 Å². The van der Waals surface area contributed by atoms with Crippen molar-refractivity contribution in [3.63, 3.8) is 0 Å². The van der Waals surface area contributed by atoms with Crippen molar-refractivity contribution in [1.82, 2.24) is 15.1 Å². The number of nitrogens with zero attached hydrogens (tertiary/aromatic N) is 4. The molecular weight excluding hydrogens is 440 g/mol. The Bertz CT molecular complexity index is 1080. The number of guanidine groups is 1. The molecule has 2 amide bonds. The maximum Gasteiger partial charge on any atom is 0.321 e. The summed E-state index contributed by atoms with van der Waals surface area (Å²) in [6.45, 7) is 4.37. The summed E-state index contributed by atoms with van der Waals surface area (Å²) in [5.74, 6) is -4.16. The molecule has 0 bridgehead atoms. The molecule has 174 valence electrons. The van der Waals surface area contributed by atoms with E-state index in [1.165, 1.54) is 23.1 Å². The van der Waals surface area contributed by atoms with E-state index in [-0.39, 0.29) is 37.6 Å². The van der Waals surface area contributed by atoms with Gasteiger partial charge in [0.25, 0.3) is 0 Å². The molecule has 1 unspecified atom stereocenters. The van der Waals surface area contributed by atoms with Gasteiger partial charge in [0.15, 0.2) is 17.8 Å². The number of piperazine rings is 1. The first-order valence-corrected chi connectivity index (χ1v) is 10.2. The molecule has 0 spiro atoms. The van der Waals surface area contributed by atoms with Crippen LogP contribution in [0.2, 0.25) is 0 Å². The quantitative estimate of drug-likeness (QED) is 0.236. The Morgan fingerprint density at radius 3 is 2.42 bits per heavy atom. The first-order valence-electron chi connectivity index (χ1n) is 10.2. The van der Waals surface area contributed by atoms with Crippen LogP contribution >= 0.6 is 0 Å². The summed E-state index contributed by atoms with van der Waals surface area (Å²) >= 11 is 0. The lowest BCUT2D eigenvalue weighted by Crippen LogP contribution is -2.60. The molecule has 0 saturated carbocycles. The van der Waals surface area contributed by atoms with Crippen LogP contribution in [0, 0.1) is 40.6 Å². The maximum atomic E-state index is 14.1. The molecule has 33 heavy (non-hydrogen) atoms. The van der Waals surface area contributed by atoms with Crippen LogP contribution in [0.3, 0.4) is 0 Å². The van der Waals surface area contributed by atoms with E-state index in [9.17, 15) is 22.4 Å². The number of carbonyl (C=O) groups is 1. The van der Waals surface area contributed by atoms with E-state index in [2.05, 4.69) is 15.6 Å². The van der Waals surface area contributed by atoms with Crippen molar-refractivity contribution in [1.29, 1.82) is 5.26 Å². The van der Waals surface area contributed by atoms with Gasteiger partial charge in [0, 0.05) is 37.5 Å². The average Bonchev–Trinajstić information content (AvgIpc) is 2.75. The Morgan fingerprint density at radius 1 is 1.12 bits per heavy atom. The molecule has 1 fully saturated rings. The van der Waals surface area contributed by atoms with Gasteiger partial charge in [0.05, 0.1) is 6.04 Å². The van der Waals surface area contributed by atoms with Crippen molar-refractivity contribution in [3.05, 3.63) is 59.7 Å². The highest BCUT2D eigenvalue weighted by Gasteiger charge is 2.34. The number of nitriles is 1. The van der Waals surface area contributed by atoms with Gasteiger partial charge in [0.2, 0.25) is 5.96 Å². The van der Waals surface area contributed by atoms with Crippen molar-refractivity contribution in [2.75, 3.05) is 25.0 Å². The lowest BCUT2D eigenvalue weighted by atomic mass is 10.00. The molecule has 2 aromatic carbocycles. The Kier molecular flexibility index (Phi) is 7.37. The Hall–Kier alpha value is -3.81. The van der Waals surface area contributed by atoms with Crippen molar-refractivity contribution >= 4 is 23.4 Å². The van der Waals surface area contributed by atoms with Crippen LogP contribution in [0.5, 0.6) is 0 Å². The summed E-state index contributed by atoms with van der Waals surface area (Å²) in [7, 11) is 0. The molecule has 1 aliphatic rings. The number of halogens is 4. The fourth-order valence-corrected chi connectivity index (χ4v) is 3.56. The first-order chi connectivity index (χ1) is 15.7. The highest BCUT2D eigenvalue weighted by molar-refractivity contribution is 5.90. The fourth-order valence-electron chi connectivity index (χ4n) is 3.56. The molecule has 0 aromatic heterocycles. The summed E-state index contributed by atoms with van der Waals surface area (Å²) in [4.78, 5) is 19.8. The van der Waals surface area contributed by atoms with Gasteiger partial charge in [-0.3, -0.25) is 5.32 Å². The minimum Gasteiger partial charge on any atom is -0.335 e. The minimum atomic E-state index is -1.21. The lowest BCUT2D eigenvalue weighted by molar-refractivity contribution is 0.118. The molecule has 7 nitrogen and oxygen atoms in total. The second kappa shape index (κ2) is 10.2. The number of carbonyl (C=O) groups excluding carboxylic acids is 1.